The number of thiophene rings is 1. The van der Waals surface area contributed by atoms with Gasteiger partial charge in [0, 0.05) is 5.02 Å². The van der Waals surface area contributed by atoms with Crippen LogP contribution in [0.4, 0.5) is 0 Å². The minimum absolute atomic E-state index is 0.0658. The largest absolute Gasteiger partial charge is 0.506 e. The predicted octanol–water partition coefficient (Wildman–Crippen LogP) is 3.33. The van der Waals surface area contributed by atoms with Gasteiger partial charge in [-0.15, -0.1) is 11.3 Å². The lowest BCUT2D eigenvalue weighted by Gasteiger charge is -2.02. The molecule has 1 N–H and O–H groups in total. The van der Waals surface area contributed by atoms with E-state index in [0.29, 0.717) is 10.8 Å². The molecule has 0 atom stereocenters. The van der Waals surface area contributed by atoms with Gasteiger partial charge in [0.1, 0.15) is 11.5 Å². The van der Waals surface area contributed by atoms with Crippen LogP contribution in [0.2, 0.25) is 5.02 Å². The highest BCUT2D eigenvalue weighted by Gasteiger charge is 2.14. The van der Waals surface area contributed by atoms with Crippen LogP contribution in [0.15, 0.2) is 35.7 Å². The number of hydrogen-bond donors (Lipinski definition) is 1. The van der Waals surface area contributed by atoms with Crippen LogP contribution in [-0.2, 0) is 0 Å². The van der Waals surface area contributed by atoms with Crippen molar-refractivity contribution in [2.24, 2.45) is 0 Å². The second-order valence-electron chi connectivity index (χ2n) is 2.98. The fourth-order valence-corrected chi connectivity index (χ4v) is 1.90. The third-order valence-corrected chi connectivity index (χ3v) is 2.99. The van der Waals surface area contributed by atoms with E-state index in [2.05, 4.69) is 0 Å². The van der Waals surface area contributed by atoms with Crippen molar-refractivity contribution in [2.45, 2.75) is 0 Å². The van der Waals surface area contributed by atoms with Gasteiger partial charge in [-0.25, -0.2) is 4.79 Å². The Morgan fingerprint density at radius 1 is 1.25 bits per heavy atom. The molecule has 5 heteroatoms. The van der Waals surface area contributed by atoms with Gasteiger partial charge >= 0.3 is 5.97 Å². The normalized spacial score (nSPS) is 10.1. The van der Waals surface area contributed by atoms with Crippen LogP contribution in [-0.4, -0.2) is 11.1 Å². The van der Waals surface area contributed by atoms with E-state index in [0.717, 1.165) is 11.3 Å². The Bertz CT molecular complexity index is 504. The number of carbonyl (C=O) groups excluding carboxylic acids is 1. The van der Waals surface area contributed by atoms with Crippen molar-refractivity contribution in [3.8, 4) is 11.5 Å². The zero-order chi connectivity index (χ0) is 11.5. The van der Waals surface area contributed by atoms with Crippen molar-refractivity contribution in [3.05, 3.63) is 45.6 Å². The molecule has 0 fully saturated rings. The number of esters is 1. The Morgan fingerprint density at radius 2 is 1.94 bits per heavy atom. The van der Waals surface area contributed by atoms with Gasteiger partial charge in [-0.2, -0.15) is 0 Å². The van der Waals surface area contributed by atoms with Crippen LogP contribution in [0, 0.1) is 0 Å². The van der Waals surface area contributed by atoms with Crippen molar-refractivity contribution >= 4 is 28.9 Å². The summed E-state index contributed by atoms with van der Waals surface area (Å²) >= 11 is 6.82. The average molecular weight is 255 g/mol. The van der Waals surface area contributed by atoms with Gasteiger partial charge in [-0.1, -0.05) is 11.6 Å². The Balaban J connectivity index is 2.14. The highest BCUT2D eigenvalue weighted by atomic mass is 35.5. The summed E-state index contributed by atoms with van der Waals surface area (Å²) < 4.78 is 5.05. The van der Waals surface area contributed by atoms with Gasteiger partial charge in [-0.3, -0.25) is 0 Å². The van der Waals surface area contributed by atoms with Crippen molar-refractivity contribution < 1.29 is 14.6 Å². The molecule has 3 nitrogen and oxygen atoms in total. The number of ether oxygens (including phenoxy) is 1. The van der Waals surface area contributed by atoms with E-state index in [-0.39, 0.29) is 10.6 Å². The molecule has 0 amide bonds. The van der Waals surface area contributed by atoms with Gasteiger partial charge in [-0.05, 0) is 35.7 Å². The van der Waals surface area contributed by atoms with Crippen molar-refractivity contribution in [1.82, 2.24) is 0 Å². The quantitative estimate of drug-likeness (QED) is 0.661. The first-order valence-electron chi connectivity index (χ1n) is 4.41. The van der Waals surface area contributed by atoms with Crippen LogP contribution in [0.25, 0.3) is 0 Å². The molecule has 0 unspecified atom stereocenters. The van der Waals surface area contributed by atoms with Gasteiger partial charge in [0.05, 0.1) is 0 Å². The second kappa shape index (κ2) is 4.55. The molecule has 0 aliphatic rings. The molecule has 0 aliphatic carbocycles. The van der Waals surface area contributed by atoms with Gasteiger partial charge in [0.25, 0.3) is 0 Å². The van der Waals surface area contributed by atoms with Gasteiger partial charge in [0.15, 0.2) is 4.88 Å². The standard InChI is InChI=1S/C11H7ClO3S/c12-7-1-3-8(4-2-7)15-11(14)10-9(13)5-6-16-10/h1-6,13H. The Morgan fingerprint density at radius 3 is 2.50 bits per heavy atom. The SMILES string of the molecule is O=C(Oc1ccc(Cl)cc1)c1sccc1O. The lowest BCUT2D eigenvalue weighted by Crippen LogP contribution is -2.06. The molecular formula is C11H7ClO3S. The summed E-state index contributed by atoms with van der Waals surface area (Å²) in [5.74, 6) is -0.249. The third kappa shape index (κ3) is 2.35. The lowest BCUT2D eigenvalue weighted by molar-refractivity contribution is 0.0737. The first kappa shape index (κ1) is 11.0. The first-order valence-corrected chi connectivity index (χ1v) is 5.67. The average Bonchev–Trinajstić information content (AvgIpc) is 2.68. The van der Waals surface area contributed by atoms with Crippen LogP contribution < -0.4 is 4.74 Å². The topological polar surface area (TPSA) is 46.5 Å². The Hall–Kier alpha value is -1.52. The number of rotatable bonds is 2. The van der Waals surface area contributed by atoms with Crippen LogP contribution >= 0.6 is 22.9 Å². The molecule has 1 aromatic heterocycles. The fourth-order valence-electron chi connectivity index (χ4n) is 1.11. The Labute approximate surface area is 101 Å². The molecule has 0 saturated heterocycles. The minimum atomic E-state index is -0.574. The molecule has 82 valence electrons. The molecule has 2 rings (SSSR count). The van der Waals surface area contributed by atoms with Crippen LogP contribution in [0.3, 0.4) is 0 Å². The molecule has 1 aromatic carbocycles. The number of halogens is 1. The predicted molar refractivity (Wildman–Crippen MR) is 62.4 cm³/mol. The van der Waals surface area contributed by atoms with E-state index in [4.69, 9.17) is 16.3 Å². The molecule has 0 radical (unpaired) electrons. The zero-order valence-corrected chi connectivity index (χ0v) is 9.59. The lowest BCUT2D eigenvalue weighted by atomic mass is 10.3. The molecule has 0 spiro atoms. The number of hydrogen-bond acceptors (Lipinski definition) is 4. The summed E-state index contributed by atoms with van der Waals surface area (Å²) in [6.45, 7) is 0. The molecule has 0 saturated carbocycles. The Kier molecular flexibility index (Phi) is 3.12. The fraction of sp³-hybridized carbons (Fsp3) is 0. The molecule has 0 bridgehead atoms. The van der Waals surface area contributed by atoms with E-state index < -0.39 is 5.97 Å². The maximum absolute atomic E-state index is 11.6. The molecule has 16 heavy (non-hydrogen) atoms. The minimum Gasteiger partial charge on any atom is -0.506 e. The van der Waals surface area contributed by atoms with Gasteiger partial charge in [0.2, 0.25) is 0 Å². The highest BCUT2D eigenvalue weighted by Crippen LogP contribution is 2.25. The second-order valence-corrected chi connectivity index (χ2v) is 4.33. The number of aromatic hydroxyl groups is 1. The molecule has 2 aromatic rings. The zero-order valence-electron chi connectivity index (χ0n) is 8.01. The summed E-state index contributed by atoms with van der Waals surface area (Å²) in [4.78, 5) is 11.8. The van der Waals surface area contributed by atoms with E-state index in [1.165, 1.54) is 6.07 Å². The molecular weight excluding hydrogens is 248 g/mol. The van der Waals surface area contributed by atoms with Crippen LogP contribution in [0.1, 0.15) is 9.67 Å². The van der Waals surface area contributed by atoms with E-state index in [1.807, 2.05) is 0 Å². The maximum Gasteiger partial charge on any atom is 0.357 e. The van der Waals surface area contributed by atoms with E-state index >= 15 is 0 Å². The van der Waals surface area contributed by atoms with E-state index in [9.17, 15) is 9.90 Å². The summed E-state index contributed by atoms with van der Waals surface area (Å²) in [5, 5.41) is 11.5. The molecule has 0 aliphatic heterocycles. The third-order valence-electron chi connectivity index (χ3n) is 1.85. The monoisotopic (exact) mass is 254 g/mol. The number of benzene rings is 1. The maximum atomic E-state index is 11.6. The van der Waals surface area contributed by atoms with Crippen molar-refractivity contribution in [1.29, 1.82) is 0 Å². The highest BCUT2D eigenvalue weighted by molar-refractivity contribution is 7.12. The summed E-state index contributed by atoms with van der Waals surface area (Å²) in [6, 6.07) is 7.87. The van der Waals surface area contributed by atoms with Crippen LogP contribution in [0.5, 0.6) is 11.5 Å². The first-order chi connectivity index (χ1) is 7.66. The summed E-state index contributed by atoms with van der Waals surface area (Å²) in [7, 11) is 0. The van der Waals surface area contributed by atoms with E-state index in [1.54, 1.807) is 29.6 Å². The molecule has 1 heterocycles. The number of carbonyl (C=O) groups is 1. The summed E-state index contributed by atoms with van der Waals surface area (Å²) in [5.41, 5.74) is 0. The smallest absolute Gasteiger partial charge is 0.357 e. The van der Waals surface area contributed by atoms with Crippen molar-refractivity contribution in [2.75, 3.05) is 0 Å². The van der Waals surface area contributed by atoms with Crippen molar-refractivity contribution in [3.63, 3.8) is 0 Å². The summed E-state index contributed by atoms with van der Waals surface area (Å²) in [6.07, 6.45) is 0. The van der Waals surface area contributed by atoms with Gasteiger partial charge < -0.3 is 9.84 Å².